The number of allylic oxidation sites excluding steroid dienone is 1. The molecule has 4 rings (SSSR count). The predicted octanol–water partition coefficient (Wildman–Crippen LogP) is 3.31. The Bertz CT molecular complexity index is 1130. The van der Waals surface area contributed by atoms with Gasteiger partial charge in [0.15, 0.2) is 0 Å². The zero-order valence-electron chi connectivity index (χ0n) is 14.2. The molecule has 0 saturated carbocycles. The van der Waals surface area contributed by atoms with Gasteiger partial charge in [0.1, 0.15) is 17.4 Å². The van der Waals surface area contributed by atoms with E-state index < -0.39 is 5.92 Å². The van der Waals surface area contributed by atoms with E-state index in [4.69, 9.17) is 10.5 Å². The molecule has 1 aliphatic heterocycles. The lowest BCUT2D eigenvalue weighted by molar-refractivity contribution is 0.397. The van der Waals surface area contributed by atoms with Gasteiger partial charge in [0.2, 0.25) is 5.88 Å². The van der Waals surface area contributed by atoms with Crippen molar-refractivity contribution in [1.29, 1.82) is 5.26 Å². The number of hydrogen-bond acceptors (Lipinski definition) is 4. The molecule has 0 bridgehead atoms. The number of H-pyrrole nitrogens is 1. The van der Waals surface area contributed by atoms with E-state index in [-0.39, 0.29) is 17.0 Å². The van der Waals surface area contributed by atoms with E-state index >= 15 is 0 Å². The predicted molar refractivity (Wildman–Crippen MR) is 99.7 cm³/mol. The van der Waals surface area contributed by atoms with Crippen LogP contribution in [0.3, 0.4) is 0 Å². The van der Waals surface area contributed by atoms with E-state index in [2.05, 4.69) is 18.0 Å². The summed E-state index contributed by atoms with van der Waals surface area (Å²) in [6, 6.07) is 17.4. The third-order valence-electron chi connectivity index (χ3n) is 4.81. The average Bonchev–Trinajstić information content (AvgIpc) is 2.67. The quantitative estimate of drug-likeness (QED) is 0.747. The lowest BCUT2D eigenvalue weighted by Gasteiger charge is -2.26. The number of hydrogen-bond donors (Lipinski definition) is 2. The van der Waals surface area contributed by atoms with Crippen LogP contribution >= 0.6 is 0 Å². The summed E-state index contributed by atoms with van der Waals surface area (Å²) in [5, 5.41) is 10.4. The number of nitriles is 1. The Morgan fingerprint density at radius 2 is 1.92 bits per heavy atom. The highest BCUT2D eigenvalue weighted by Crippen LogP contribution is 2.42. The Labute approximate surface area is 150 Å². The van der Waals surface area contributed by atoms with Gasteiger partial charge in [0.25, 0.3) is 5.56 Å². The maximum atomic E-state index is 12.8. The number of para-hydroxylation sites is 1. The monoisotopic (exact) mass is 343 g/mol. The number of rotatable bonds is 2. The van der Waals surface area contributed by atoms with Crippen molar-refractivity contribution in [2.24, 2.45) is 5.73 Å². The second-order valence-corrected chi connectivity index (χ2v) is 6.26. The molecule has 5 nitrogen and oxygen atoms in total. The van der Waals surface area contributed by atoms with E-state index in [1.54, 1.807) is 0 Å². The van der Waals surface area contributed by atoms with Crippen LogP contribution in [0.4, 0.5) is 0 Å². The van der Waals surface area contributed by atoms with Crippen molar-refractivity contribution >= 4 is 10.9 Å². The van der Waals surface area contributed by atoms with E-state index in [0.29, 0.717) is 16.8 Å². The summed E-state index contributed by atoms with van der Waals surface area (Å²) < 4.78 is 5.74. The summed E-state index contributed by atoms with van der Waals surface area (Å²) in [5.74, 6) is -0.0891. The van der Waals surface area contributed by atoms with Crippen molar-refractivity contribution in [3.63, 3.8) is 0 Å². The number of fused-ring (bicyclic) bond motifs is 3. The molecule has 0 amide bonds. The molecule has 26 heavy (non-hydrogen) atoms. The molecule has 5 heteroatoms. The van der Waals surface area contributed by atoms with Crippen LogP contribution in [0.1, 0.15) is 29.5 Å². The van der Waals surface area contributed by atoms with Gasteiger partial charge in [-0.25, -0.2) is 0 Å². The van der Waals surface area contributed by atoms with Gasteiger partial charge in [0, 0.05) is 5.39 Å². The van der Waals surface area contributed by atoms with Crippen LogP contribution in [0, 0.1) is 11.3 Å². The summed E-state index contributed by atoms with van der Waals surface area (Å²) in [4.78, 5) is 15.7. The van der Waals surface area contributed by atoms with Gasteiger partial charge < -0.3 is 15.5 Å². The topological polar surface area (TPSA) is 91.9 Å². The number of nitrogens with zero attached hydrogens (tertiary/aromatic N) is 1. The fourth-order valence-corrected chi connectivity index (χ4v) is 3.45. The van der Waals surface area contributed by atoms with Gasteiger partial charge in [-0.05, 0) is 29.7 Å². The molecule has 0 saturated heterocycles. The van der Waals surface area contributed by atoms with Gasteiger partial charge in [-0.1, -0.05) is 43.3 Å². The van der Waals surface area contributed by atoms with Crippen LogP contribution in [0.2, 0.25) is 0 Å². The zero-order chi connectivity index (χ0) is 18.3. The first-order chi connectivity index (χ1) is 12.6. The Kier molecular flexibility index (Phi) is 3.74. The van der Waals surface area contributed by atoms with Crippen molar-refractivity contribution in [3.05, 3.63) is 87.0 Å². The van der Waals surface area contributed by atoms with Crippen LogP contribution in [0.5, 0.6) is 5.75 Å². The average molecular weight is 343 g/mol. The first-order valence-corrected chi connectivity index (χ1v) is 8.45. The maximum Gasteiger partial charge on any atom is 0.256 e. The second-order valence-electron chi connectivity index (χ2n) is 6.26. The lowest BCUT2D eigenvalue weighted by Crippen LogP contribution is -2.27. The number of aryl methyl sites for hydroxylation is 1. The summed E-state index contributed by atoms with van der Waals surface area (Å²) in [6.07, 6.45) is 0.916. The summed E-state index contributed by atoms with van der Waals surface area (Å²) in [5.41, 5.74) is 9.14. The smallest absolute Gasteiger partial charge is 0.256 e. The normalized spacial score (nSPS) is 16.1. The molecule has 2 heterocycles. The summed E-state index contributed by atoms with van der Waals surface area (Å²) in [6.45, 7) is 2.08. The minimum atomic E-state index is -0.553. The lowest BCUT2D eigenvalue weighted by atomic mass is 9.83. The molecule has 0 unspecified atom stereocenters. The molecule has 3 aromatic rings. The van der Waals surface area contributed by atoms with Crippen molar-refractivity contribution in [3.8, 4) is 11.8 Å². The Morgan fingerprint density at radius 3 is 2.62 bits per heavy atom. The number of nitrogens with one attached hydrogen (secondary N) is 1. The summed E-state index contributed by atoms with van der Waals surface area (Å²) >= 11 is 0. The van der Waals surface area contributed by atoms with Crippen LogP contribution in [0.15, 0.2) is 64.8 Å². The molecule has 0 spiro atoms. The number of ether oxygens (including phenoxy) is 1. The standard InChI is InChI=1S/C21H17N3O2/c1-2-12-7-9-13(10-8-12)17-15(11-22)20(23)26-19-14-5-3-4-6-16(14)24-21(25)18(17)19/h3-10,17H,2,23H2,1H3,(H,24,25)/t17-/m0/s1. The van der Waals surface area contributed by atoms with Crippen molar-refractivity contribution < 1.29 is 4.74 Å². The van der Waals surface area contributed by atoms with Crippen LogP contribution in [-0.2, 0) is 6.42 Å². The number of pyridine rings is 1. The van der Waals surface area contributed by atoms with Gasteiger partial charge >= 0.3 is 0 Å². The van der Waals surface area contributed by atoms with E-state index in [0.717, 1.165) is 17.4 Å². The van der Waals surface area contributed by atoms with E-state index in [9.17, 15) is 10.1 Å². The Hall–Kier alpha value is -3.52. The number of aromatic nitrogens is 1. The first kappa shape index (κ1) is 16.0. The summed E-state index contributed by atoms with van der Waals surface area (Å²) in [7, 11) is 0. The van der Waals surface area contributed by atoms with Gasteiger partial charge in [-0.3, -0.25) is 4.79 Å². The van der Waals surface area contributed by atoms with Crippen LogP contribution < -0.4 is 16.0 Å². The molecule has 0 fully saturated rings. The SMILES string of the molecule is CCc1ccc([C@H]2C(C#N)=C(N)Oc3c2c(=O)[nH]c2ccccc32)cc1. The molecular weight excluding hydrogens is 326 g/mol. The first-order valence-electron chi connectivity index (χ1n) is 8.45. The molecule has 1 aliphatic rings. The minimum Gasteiger partial charge on any atom is -0.439 e. The van der Waals surface area contributed by atoms with E-state index in [1.807, 2.05) is 48.5 Å². The molecule has 2 aromatic carbocycles. The highest BCUT2D eigenvalue weighted by atomic mass is 16.5. The van der Waals surface area contributed by atoms with Crippen LogP contribution in [0.25, 0.3) is 10.9 Å². The number of benzene rings is 2. The molecule has 128 valence electrons. The van der Waals surface area contributed by atoms with Gasteiger partial charge in [-0.2, -0.15) is 5.26 Å². The van der Waals surface area contributed by atoms with Gasteiger partial charge in [-0.15, -0.1) is 0 Å². The Morgan fingerprint density at radius 1 is 1.19 bits per heavy atom. The third-order valence-corrected chi connectivity index (χ3v) is 4.81. The fraction of sp³-hybridized carbons (Fsp3) is 0.143. The fourth-order valence-electron chi connectivity index (χ4n) is 3.45. The number of nitrogens with two attached hydrogens (primary N) is 1. The zero-order valence-corrected chi connectivity index (χ0v) is 14.2. The molecule has 1 aromatic heterocycles. The van der Waals surface area contributed by atoms with Crippen molar-refractivity contribution in [2.75, 3.05) is 0 Å². The molecule has 0 aliphatic carbocycles. The highest BCUT2D eigenvalue weighted by molar-refractivity contribution is 5.87. The highest BCUT2D eigenvalue weighted by Gasteiger charge is 2.34. The second kappa shape index (κ2) is 6.08. The minimum absolute atomic E-state index is 0.0420. The van der Waals surface area contributed by atoms with Crippen LogP contribution in [-0.4, -0.2) is 4.98 Å². The molecule has 1 atom stereocenters. The maximum absolute atomic E-state index is 12.8. The van der Waals surface area contributed by atoms with Crippen molar-refractivity contribution in [1.82, 2.24) is 4.98 Å². The third kappa shape index (κ3) is 2.35. The van der Waals surface area contributed by atoms with Crippen molar-refractivity contribution in [2.45, 2.75) is 19.3 Å². The number of aromatic amines is 1. The largest absolute Gasteiger partial charge is 0.439 e. The molecular formula is C21H17N3O2. The van der Waals surface area contributed by atoms with Gasteiger partial charge in [0.05, 0.1) is 17.0 Å². The Balaban J connectivity index is 2.03. The molecule has 0 radical (unpaired) electrons. The van der Waals surface area contributed by atoms with E-state index in [1.165, 1.54) is 5.56 Å². The molecule has 3 N–H and O–H groups in total.